The Balaban J connectivity index is 1.25. The summed E-state index contributed by atoms with van der Waals surface area (Å²) >= 11 is 0. The van der Waals surface area contributed by atoms with Gasteiger partial charge in [-0.2, -0.15) is 0 Å². The van der Waals surface area contributed by atoms with Crippen LogP contribution in [0.3, 0.4) is 0 Å². The molecular formula is C38H58O6. The van der Waals surface area contributed by atoms with Gasteiger partial charge in [-0.3, -0.25) is 14.4 Å². The summed E-state index contributed by atoms with van der Waals surface area (Å²) in [5.74, 6) is -0.251. The smallest absolute Gasteiger partial charge is 0.310 e. The van der Waals surface area contributed by atoms with Gasteiger partial charge in [-0.25, -0.2) is 0 Å². The minimum Gasteiger partial charge on any atom is -0.481 e. The first kappa shape index (κ1) is 32.1. The Labute approximate surface area is 265 Å². The molecule has 6 heteroatoms. The molecule has 0 amide bonds. The topological polar surface area (TPSA) is 101 Å². The molecule has 246 valence electrons. The molecule has 0 aromatic rings. The van der Waals surface area contributed by atoms with Crippen LogP contribution in [-0.4, -0.2) is 34.2 Å². The van der Waals surface area contributed by atoms with E-state index in [2.05, 4.69) is 48.1 Å². The molecule has 6 saturated carbocycles. The second kappa shape index (κ2) is 9.83. The molecule has 0 unspecified atom stereocenters. The molecule has 6 aliphatic rings. The monoisotopic (exact) mass is 610 g/mol. The van der Waals surface area contributed by atoms with Crippen molar-refractivity contribution in [2.75, 3.05) is 0 Å². The number of allylic oxidation sites excluding steroid dienone is 1. The molecule has 6 nitrogen and oxygen atoms in total. The molecule has 2 N–H and O–H groups in total. The summed E-state index contributed by atoms with van der Waals surface area (Å²) in [6, 6.07) is 0. The summed E-state index contributed by atoms with van der Waals surface area (Å²) < 4.78 is 6.36. The van der Waals surface area contributed by atoms with Crippen LogP contribution in [0.2, 0.25) is 0 Å². The second-order valence-corrected chi connectivity index (χ2v) is 18.4. The zero-order chi connectivity index (χ0) is 32.4. The third kappa shape index (κ3) is 4.06. The molecule has 44 heavy (non-hydrogen) atoms. The highest BCUT2D eigenvalue weighted by Crippen LogP contribution is 2.77. The molecule has 0 aliphatic heterocycles. The van der Waals surface area contributed by atoms with Crippen molar-refractivity contribution >= 4 is 17.9 Å². The van der Waals surface area contributed by atoms with Crippen LogP contribution in [0.4, 0.5) is 0 Å². The number of esters is 1. The number of carboxylic acid groups (broad SMARTS) is 2. The van der Waals surface area contributed by atoms with Gasteiger partial charge in [-0.05, 0) is 128 Å². The van der Waals surface area contributed by atoms with Gasteiger partial charge in [0.1, 0.15) is 6.10 Å². The Hall–Kier alpha value is -1.85. The van der Waals surface area contributed by atoms with E-state index in [4.69, 9.17) is 4.74 Å². The molecule has 6 rings (SSSR count). The summed E-state index contributed by atoms with van der Waals surface area (Å²) in [7, 11) is 0. The van der Waals surface area contributed by atoms with Crippen molar-refractivity contribution < 1.29 is 29.3 Å². The second-order valence-electron chi connectivity index (χ2n) is 18.4. The lowest BCUT2D eigenvalue weighted by Gasteiger charge is -2.72. The maximum atomic E-state index is 13.5. The van der Waals surface area contributed by atoms with E-state index in [0.717, 1.165) is 64.2 Å². The first-order valence-corrected chi connectivity index (χ1v) is 17.6. The Morgan fingerprint density at radius 1 is 0.773 bits per heavy atom. The van der Waals surface area contributed by atoms with Crippen LogP contribution in [0.15, 0.2) is 12.2 Å². The Morgan fingerprint density at radius 2 is 1.45 bits per heavy atom. The number of rotatable bonds is 6. The number of hydrogen-bond donors (Lipinski definition) is 2. The summed E-state index contributed by atoms with van der Waals surface area (Å²) in [5, 5.41) is 20.0. The van der Waals surface area contributed by atoms with Gasteiger partial charge >= 0.3 is 17.9 Å². The molecule has 0 saturated heterocycles. The Bertz CT molecular complexity index is 1270. The number of carbonyl (C=O) groups is 3. The largest absolute Gasteiger partial charge is 0.481 e. The molecule has 0 heterocycles. The van der Waals surface area contributed by atoms with Crippen LogP contribution < -0.4 is 0 Å². The van der Waals surface area contributed by atoms with E-state index in [1.54, 1.807) is 0 Å². The fourth-order valence-corrected chi connectivity index (χ4v) is 13.7. The van der Waals surface area contributed by atoms with Crippen molar-refractivity contribution in [1.29, 1.82) is 0 Å². The molecule has 0 spiro atoms. The number of fused-ring (bicyclic) bond motifs is 7. The predicted molar refractivity (Wildman–Crippen MR) is 169 cm³/mol. The van der Waals surface area contributed by atoms with Crippen molar-refractivity contribution in [2.24, 2.45) is 73.9 Å². The van der Waals surface area contributed by atoms with Crippen molar-refractivity contribution in [1.82, 2.24) is 0 Å². The Morgan fingerprint density at radius 3 is 2.07 bits per heavy atom. The van der Waals surface area contributed by atoms with Gasteiger partial charge in [0, 0.05) is 11.8 Å². The molecular weight excluding hydrogens is 552 g/mol. The van der Waals surface area contributed by atoms with Gasteiger partial charge in [-0.1, -0.05) is 60.6 Å². The fraction of sp³-hybridized carbons (Fsp3) is 0.868. The molecule has 12 atom stereocenters. The summed E-state index contributed by atoms with van der Waals surface area (Å²) in [6.45, 7) is 22.7. The van der Waals surface area contributed by atoms with Gasteiger partial charge in [-0.15, -0.1) is 0 Å². The average Bonchev–Trinajstić information content (AvgIpc) is 3.24. The number of carboxylic acids is 2. The zero-order valence-electron chi connectivity index (χ0n) is 28.6. The zero-order valence-corrected chi connectivity index (χ0v) is 28.6. The minimum absolute atomic E-state index is 0.0170. The lowest BCUT2D eigenvalue weighted by molar-refractivity contribution is -0.250. The van der Waals surface area contributed by atoms with Crippen LogP contribution in [-0.2, 0) is 19.1 Å². The van der Waals surface area contributed by atoms with E-state index in [-0.39, 0.29) is 63.3 Å². The van der Waals surface area contributed by atoms with Crippen molar-refractivity contribution in [3.8, 4) is 0 Å². The van der Waals surface area contributed by atoms with E-state index in [0.29, 0.717) is 23.7 Å². The van der Waals surface area contributed by atoms with E-state index >= 15 is 0 Å². The third-order valence-electron chi connectivity index (χ3n) is 16.4. The average molecular weight is 611 g/mol. The summed E-state index contributed by atoms with van der Waals surface area (Å²) in [4.78, 5) is 37.8. The van der Waals surface area contributed by atoms with Gasteiger partial charge in [0.2, 0.25) is 0 Å². The number of aliphatic carboxylic acids is 2. The van der Waals surface area contributed by atoms with Crippen molar-refractivity contribution in [2.45, 2.75) is 132 Å². The first-order valence-electron chi connectivity index (χ1n) is 17.6. The summed E-state index contributed by atoms with van der Waals surface area (Å²) in [5.41, 5.74) is 0.425. The molecule has 0 radical (unpaired) electrons. The number of hydrogen-bond acceptors (Lipinski definition) is 4. The van der Waals surface area contributed by atoms with Gasteiger partial charge in [0.15, 0.2) is 0 Å². The summed E-state index contributed by atoms with van der Waals surface area (Å²) in [6.07, 6.45) is 9.75. The van der Waals surface area contributed by atoms with Crippen LogP contribution >= 0.6 is 0 Å². The first-order chi connectivity index (χ1) is 20.3. The highest BCUT2D eigenvalue weighted by Gasteiger charge is 2.72. The molecule has 0 aromatic heterocycles. The van der Waals surface area contributed by atoms with Crippen LogP contribution in [0.25, 0.3) is 0 Å². The normalized spacial score (nSPS) is 49.8. The lowest BCUT2D eigenvalue weighted by atomic mass is 9.32. The fourth-order valence-electron chi connectivity index (χ4n) is 13.7. The number of carbonyl (C=O) groups excluding carboxylic acids is 1. The number of ether oxygens (including phenoxy) is 1. The molecule has 0 bridgehead atoms. The SMILES string of the molecule is C=C(C)[C@@H]1CC[C@]2(C(=O)O)CC[C@]3(C)[C@H](CC[C@@H]4[C@@]5(C)CC[C@H](OC(=O)[C@@H]6[C@H](CC(=O)O)C6(C)C)C(C)(C)[C@@H]5CC[C@]43C)[C@@H]12. The molecule has 0 aromatic carbocycles. The van der Waals surface area contributed by atoms with E-state index in [1.807, 2.05) is 13.8 Å². The van der Waals surface area contributed by atoms with Crippen molar-refractivity contribution in [3.05, 3.63) is 12.2 Å². The van der Waals surface area contributed by atoms with Gasteiger partial charge in [0.05, 0.1) is 11.3 Å². The van der Waals surface area contributed by atoms with E-state index < -0.39 is 17.4 Å². The molecule has 6 fully saturated rings. The van der Waals surface area contributed by atoms with E-state index in [1.165, 1.54) is 5.57 Å². The predicted octanol–water partition coefficient (Wildman–Crippen LogP) is 8.39. The minimum atomic E-state index is -0.851. The highest BCUT2D eigenvalue weighted by atomic mass is 16.5. The van der Waals surface area contributed by atoms with E-state index in [9.17, 15) is 24.6 Å². The Kier molecular flexibility index (Phi) is 7.17. The maximum absolute atomic E-state index is 13.5. The standard InChI is InChI=1S/C38H58O6/c1-21(2)22-12-17-38(32(42)43)19-18-36(8)23(29(22)38)10-11-26-35(7)15-14-27(34(5,6)25(35)13-16-37(26,36)9)44-31(41)30-24(20-28(39)40)33(30,3)4/h22-27,29-30H,1,10-20H2,2-9H3,(H,39,40)(H,42,43)/t22-,23+,24-,25-,26+,27-,29+,30-,35-,36+,37+,38-/m0/s1. The quantitative estimate of drug-likeness (QED) is 0.231. The van der Waals surface area contributed by atoms with Gasteiger partial charge < -0.3 is 14.9 Å². The highest BCUT2D eigenvalue weighted by molar-refractivity contribution is 5.80. The maximum Gasteiger partial charge on any atom is 0.310 e. The third-order valence-corrected chi connectivity index (χ3v) is 16.4. The van der Waals surface area contributed by atoms with Crippen LogP contribution in [0.5, 0.6) is 0 Å². The van der Waals surface area contributed by atoms with Crippen LogP contribution in [0.1, 0.15) is 126 Å². The van der Waals surface area contributed by atoms with Crippen molar-refractivity contribution in [3.63, 3.8) is 0 Å². The molecule has 6 aliphatic carbocycles. The van der Waals surface area contributed by atoms with Gasteiger partial charge in [0.25, 0.3) is 0 Å². The lowest BCUT2D eigenvalue weighted by Crippen LogP contribution is -2.67. The van der Waals surface area contributed by atoms with Crippen LogP contribution in [0, 0.1) is 73.9 Å².